The average Bonchev–Trinajstić information content (AvgIpc) is 2.84. The Kier molecular flexibility index (Phi) is 5.22. The van der Waals surface area contributed by atoms with Crippen LogP contribution in [0.25, 0.3) is 0 Å². The van der Waals surface area contributed by atoms with E-state index in [1.807, 2.05) is 0 Å². The van der Waals surface area contributed by atoms with Crippen LogP contribution < -0.4 is 5.73 Å². The fraction of sp³-hybridized carbons (Fsp3) is 0.600. The van der Waals surface area contributed by atoms with Crippen LogP contribution in [-0.2, 0) is 0 Å². The number of hydrogen-bond acceptors (Lipinski definition) is 2. The first-order valence-corrected chi connectivity index (χ1v) is 7.75. The molecule has 0 bridgehead atoms. The van der Waals surface area contributed by atoms with Gasteiger partial charge in [-0.2, -0.15) is 0 Å². The molecule has 1 heterocycles. The molecule has 1 aliphatic heterocycles. The van der Waals surface area contributed by atoms with Crippen molar-refractivity contribution in [3.8, 4) is 0 Å². The fourth-order valence-corrected chi connectivity index (χ4v) is 3.10. The number of hydrogen-bond donors (Lipinski definition) is 1. The van der Waals surface area contributed by atoms with Crippen LogP contribution >= 0.6 is 15.9 Å². The van der Waals surface area contributed by atoms with Crippen LogP contribution in [0.15, 0.2) is 28.7 Å². The average molecular weight is 311 g/mol. The van der Waals surface area contributed by atoms with Crippen LogP contribution in [0.4, 0.5) is 0 Å². The molecule has 1 fully saturated rings. The van der Waals surface area contributed by atoms with Crippen molar-refractivity contribution in [2.75, 3.05) is 13.1 Å². The lowest BCUT2D eigenvalue weighted by molar-refractivity contribution is 0.239. The summed E-state index contributed by atoms with van der Waals surface area (Å²) in [6.45, 7) is 4.68. The van der Waals surface area contributed by atoms with Gasteiger partial charge in [-0.15, -0.1) is 0 Å². The zero-order valence-electron chi connectivity index (χ0n) is 11.1. The van der Waals surface area contributed by atoms with Crippen LogP contribution in [0, 0.1) is 0 Å². The van der Waals surface area contributed by atoms with Gasteiger partial charge in [0.25, 0.3) is 0 Å². The molecule has 0 aromatic heterocycles. The van der Waals surface area contributed by atoms with Crippen LogP contribution in [0.5, 0.6) is 0 Å². The molecule has 1 aromatic carbocycles. The topological polar surface area (TPSA) is 29.3 Å². The third kappa shape index (κ3) is 3.56. The summed E-state index contributed by atoms with van der Waals surface area (Å²) in [5, 5.41) is 0. The molecule has 2 nitrogen and oxygen atoms in total. The van der Waals surface area contributed by atoms with Crippen LogP contribution in [-0.4, -0.2) is 24.0 Å². The second-order valence-electron chi connectivity index (χ2n) is 5.19. The molecule has 0 saturated carbocycles. The number of nitrogens with two attached hydrogens (primary N) is 1. The largest absolute Gasteiger partial charge is 0.324 e. The van der Waals surface area contributed by atoms with E-state index in [4.69, 9.17) is 5.73 Å². The number of rotatable bonds is 5. The molecule has 18 heavy (non-hydrogen) atoms. The van der Waals surface area contributed by atoms with E-state index in [0.717, 1.165) is 23.5 Å². The van der Waals surface area contributed by atoms with Crippen LogP contribution in [0.1, 0.15) is 44.2 Å². The molecular formula is C15H23BrN2. The smallest absolute Gasteiger partial charge is 0.0307 e. The van der Waals surface area contributed by atoms with Gasteiger partial charge in [-0.3, -0.25) is 0 Å². The molecule has 0 amide bonds. The van der Waals surface area contributed by atoms with E-state index in [9.17, 15) is 0 Å². The summed E-state index contributed by atoms with van der Waals surface area (Å²) in [7, 11) is 0. The molecule has 1 saturated heterocycles. The van der Waals surface area contributed by atoms with Crippen molar-refractivity contribution in [3.05, 3.63) is 34.3 Å². The zero-order valence-corrected chi connectivity index (χ0v) is 12.7. The maximum Gasteiger partial charge on any atom is 0.0307 e. The molecule has 1 aromatic rings. The highest BCUT2D eigenvalue weighted by Gasteiger charge is 2.22. The number of benzene rings is 1. The quantitative estimate of drug-likeness (QED) is 0.898. The Labute approximate surface area is 119 Å². The van der Waals surface area contributed by atoms with Crippen LogP contribution in [0.2, 0.25) is 0 Å². The first-order valence-electron chi connectivity index (χ1n) is 6.95. The van der Waals surface area contributed by atoms with Crippen molar-refractivity contribution in [2.45, 2.75) is 44.7 Å². The van der Waals surface area contributed by atoms with Gasteiger partial charge in [0.05, 0.1) is 0 Å². The van der Waals surface area contributed by atoms with Crippen molar-refractivity contribution in [2.24, 2.45) is 5.73 Å². The van der Waals surface area contributed by atoms with E-state index >= 15 is 0 Å². The van der Waals surface area contributed by atoms with Gasteiger partial charge in [-0.25, -0.2) is 0 Å². The minimum Gasteiger partial charge on any atom is -0.324 e. The Morgan fingerprint density at radius 3 is 2.78 bits per heavy atom. The van der Waals surface area contributed by atoms with Crippen LogP contribution in [0.3, 0.4) is 0 Å². The molecule has 3 heteroatoms. The van der Waals surface area contributed by atoms with Gasteiger partial charge in [0.2, 0.25) is 0 Å². The van der Waals surface area contributed by atoms with Crippen molar-refractivity contribution in [1.82, 2.24) is 4.90 Å². The van der Waals surface area contributed by atoms with E-state index in [1.54, 1.807) is 0 Å². The van der Waals surface area contributed by atoms with Crippen molar-refractivity contribution in [1.29, 1.82) is 0 Å². The number of likely N-dealkylation sites (tertiary alicyclic amines) is 1. The molecule has 2 atom stereocenters. The van der Waals surface area contributed by atoms with Crippen molar-refractivity contribution in [3.63, 3.8) is 0 Å². The molecule has 2 unspecified atom stereocenters. The summed E-state index contributed by atoms with van der Waals surface area (Å²) in [4.78, 5) is 2.61. The second-order valence-corrected chi connectivity index (χ2v) is 6.10. The van der Waals surface area contributed by atoms with E-state index < -0.39 is 0 Å². The lowest BCUT2D eigenvalue weighted by Gasteiger charge is -2.24. The van der Waals surface area contributed by atoms with Gasteiger partial charge in [0, 0.05) is 23.1 Å². The molecule has 1 aliphatic rings. The Morgan fingerprint density at radius 1 is 1.39 bits per heavy atom. The first-order chi connectivity index (χ1) is 8.70. The third-order valence-electron chi connectivity index (χ3n) is 4.00. The molecule has 2 rings (SSSR count). The Hall–Kier alpha value is -0.380. The fourth-order valence-electron chi connectivity index (χ4n) is 2.83. The van der Waals surface area contributed by atoms with E-state index in [2.05, 4.69) is 52.0 Å². The maximum atomic E-state index is 6.27. The van der Waals surface area contributed by atoms with Gasteiger partial charge in [0.15, 0.2) is 0 Å². The van der Waals surface area contributed by atoms with E-state index in [0.29, 0.717) is 0 Å². The summed E-state index contributed by atoms with van der Waals surface area (Å²) in [6.07, 6.45) is 5.04. The normalized spacial score (nSPS) is 22.3. The molecule has 100 valence electrons. The standard InChI is InChI=1S/C15H23BrN2/c1-2-14-4-3-10-18(14)11-9-15(17)12-5-7-13(16)8-6-12/h5-8,14-15H,2-4,9-11,17H2,1H3. The summed E-state index contributed by atoms with van der Waals surface area (Å²) >= 11 is 3.46. The van der Waals surface area contributed by atoms with E-state index in [-0.39, 0.29) is 6.04 Å². The number of nitrogens with zero attached hydrogens (tertiary/aromatic N) is 1. The SMILES string of the molecule is CCC1CCCN1CCC(N)c1ccc(Br)cc1. The van der Waals surface area contributed by atoms with Gasteiger partial charge in [-0.05, 0) is 49.9 Å². The molecule has 0 spiro atoms. The predicted octanol–water partition coefficient (Wildman–Crippen LogP) is 3.71. The summed E-state index contributed by atoms with van der Waals surface area (Å²) in [6, 6.07) is 9.34. The molecule has 2 N–H and O–H groups in total. The van der Waals surface area contributed by atoms with Crippen molar-refractivity contribution < 1.29 is 0 Å². The lowest BCUT2D eigenvalue weighted by Crippen LogP contribution is -2.31. The first kappa shape index (κ1) is 14.0. The highest BCUT2D eigenvalue weighted by Crippen LogP contribution is 2.23. The summed E-state index contributed by atoms with van der Waals surface area (Å²) < 4.78 is 1.11. The highest BCUT2D eigenvalue weighted by molar-refractivity contribution is 9.10. The summed E-state index contributed by atoms with van der Waals surface area (Å²) in [5.74, 6) is 0. The second kappa shape index (κ2) is 6.69. The van der Waals surface area contributed by atoms with Gasteiger partial charge in [-0.1, -0.05) is 35.0 Å². The van der Waals surface area contributed by atoms with Crippen molar-refractivity contribution >= 4 is 15.9 Å². The number of halogens is 1. The lowest BCUT2D eigenvalue weighted by atomic mass is 10.0. The van der Waals surface area contributed by atoms with Gasteiger partial charge in [0.1, 0.15) is 0 Å². The van der Waals surface area contributed by atoms with Gasteiger partial charge < -0.3 is 10.6 Å². The molecular weight excluding hydrogens is 288 g/mol. The Balaban J connectivity index is 1.84. The molecule has 0 aliphatic carbocycles. The highest BCUT2D eigenvalue weighted by atomic mass is 79.9. The Morgan fingerprint density at radius 2 is 2.11 bits per heavy atom. The third-order valence-corrected chi connectivity index (χ3v) is 4.52. The van der Waals surface area contributed by atoms with E-state index in [1.165, 1.54) is 31.4 Å². The minimum absolute atomic E-state index is 0.163. The molecule has 0 radical (unpaired) electrons. The van der Waals surface area contributed by atoms with Gasteiger partial charge >= 0.3 is 0 Å². The zero-order chi connectivity index (χ0) is 13.0. The predicted molar refractivity (Wildman–Crippen MR) is 80.6 cm³/mol. The summed E-state index contributed by atoms with van der Waals surface area (Å²) in [5.41, 5.74) is 7.51. The minimum atomic E-state index is 0.163. The Bertz CT molecular complexity index is 363. The maximum absolute atomic E-state index is 6.27. The monoisotopic (exact) mass is 310 g/mol.